The first-order valence-electron chi connectivity index (χ1n) is 6.81. The highest BCUT2D eigenvalue weighted by molar-refractivity contribution is 5.76. The minimum absolute atomic E-state index is 0.150. The number of aliphatic hydroxyl groups excluding tert-OH is 1. The first-order chi connectivity index (χ1) is 9.04. The van der Waals surface area contributed by atoms with Crippen LogP contribution < -0.4 is 5.73 Å². The van der Waals surface area contributed by atoms with E-state index in [4.69, 9.17) is 5.73 Å². The van der Waals surface area contributed by atoms with Gasteiger partial charge in [0.15, 0.2) is 0 Å². The van der Waals surface area contributed by atoms with Crippen LogP contribution in [0.5, 0.6) is 0 Å². The number of nitrogens with two attached hydrogens (primary N) is 1. The molecule has 0 atom stereocenters. The fourth-order valence-electron chi connectivity index (χ4n) is 2.47. The second-order valence-corrected chi connectivity index (χ2v) is 5.51. The third-order valence-electron chi connectivity index (χ3n) is 3.78. The van der Waals surface area contributed by atoms with Crippen LogP contribution in [0, 0.1) is 5.92 Å². The predicted molar refractivity (Wildman–Crippen MR) is 75.5 cm³/mol. The number of nitrogens with zero attached hydrogens (tertiary/aromatic N) is 1. The zero-order valence-electron chi connectivity index (χ0n) is 11.4. The molecule has 1 fully saturated rings. The van der Waals surface area contributed by atoms with Gasteiger partial charge in [0.1, 0.15) is 0 Å². The maximum Gasteiger partial charge on any atom is 0.222 e. The lowest BCUT2D eigenvalue weighted by molar-refractivity contribution is -0.131. The Morgan fingerprint density at radius 3 is 2.58 bits per heavy atom. The Morgan fingerprint density at radius 2 is 2.00 bits per heavy atom. The van der Waals surface area contributed by atoms with Crippen molar-refractivity contribution in [2.45, 2.75) is 31.8 Å². The number of benzene rings is 1. The van der Waals surface area contributed by atoms with Crippen molar-refractivity contribution in [3.05, 3.63) is 29.8 Å². The molecule has 1 aromatic carbocycles. The minimum Gasteiger partial charge on any atom is -0.399 e. The number of carbonyl (C=O) groups is 1. The van der Waals surface area contributed by atoms with E-state index in [0.717, 1.165) is 37.1 Å². The first kappa shape index (κ1) is 13.9. The summed E-state index contributed by atoms with van der Waals surface area (Å²) in [6.07, 6.45) is 2.78. The molecule has 4 nitrogen and oxygen atoms in total. The SMILES string of the molecule is CN(CC1CC(O)C1)C(=O)CCc1ccc(N)cc1. The molecule has 0 radical (unpaired) electrons. The molecule has 0 heterocycles. The van der Waals surface area contributed by atoms with Crippen molar-refractivity contribution in [1.82, 2.24) is 4.90 Å². The number of aryl methyl sites for hydroxylation is 1. The van der Waals surface area contributed by atoms with Crippen molar-refractivity contribution >= 4 is 11.6 Å². The number of amides is 1. The van der Waals surface area contributed by atoms with Crippen LogP contribution in [-0.2, 0) is 11.2 Å². The molecule has 0 bridgehead atoms. The van der Waals surface area contributed by atoms with E-state index in [1.807, 2.05) is 31.3 Å². The van der Waals surface area contributed by atoms with Crippen LogP contribution in [0.3, 0.4) is 0 Å². The quantitative estimate of drug-likeness (QED) is 0.789. The van der Waals surface area contributed by atoms with Crippen molar-refractivity contribution in [2.24, 2.45) is 5.92 Å². The second-order valence-electron chi connectivity index (χ2n) is 5.51. The average molecular weight is 262 g/mol. The Labute approximate surface area is 114 Å². The number of hydrogen-bond donors (Lipinski definition) is 2. The van der Waals surface area contributed by atoms with E-state index in [0.29, 0.717) is 12.3 Å². The van der Waals surface area contributed by atoms with Crippen molar-refractivity contribution in [1.29, 1.82) is 0 Å². The lowest BCUT2D eigenvalue weighted by Crippen LogP contribution is -2.39. The average Bonchev–Trinajstić information content (AvgIpc) is 2.35. The molecule has 1 aliphatic carbocycles. The predicted octanol–water partition coefficient (Wildman–Crippen LogP) is 1.43. The molecule has 3 N–H and O–H groups in total. The van der Waals surface area contributed by atoms with Gasteiger partial charge in [-0.15, -0.1) is 0 Å². The van der Waals surface area contributed by atoms with Gasteiger partial charge in [0.2, 0.25) is 5.91 Å². The van der Waals surface area contributed by atoms with Crippen LogP contribution in [0.25, 0.3) is 0 Å². The third-order valence-corrected chi connectivity index (χ3v) is 3.78. The molecule has 0 unspecified atom stereocenters. The highest BCUT2D eigenvalue weighted by Crippen LogP contribution is 2.27. The number of hydrogen-bond acceptors (Lipinski definition) is 3. The molecule has 104 valence electrons. The lowest BCUT2D eigenvalue weighted by atomic mass is 9.82. The monoisotopic (exact) mass is 262 g/mol. The van der Waals surface area contributed by atoms with E-state index in [1.165, 1.54) is 0 Å². The molecule has 0 spiro atoms. The summed E-state index contributed by atoms with van der Waals surface area (Å²) in [5, 5.41) is 9.23. The fraction of sp³-hybridized carbons (Fsp3) is 0.533. The van der Waals surface area contributed by atoms with E-state index in [1.54, 1.807) is 4.90 Å². The molecule has 1 aromatic rings. The van der Waals surface area contributed by atoms with Gasteiger partial charge < -0.3 is 15.7 Å². The zero-order valence-corrected chi connectivity index (χ0v) is 11.4. The highest BCUT2D eigenvalue weighted by Gasteiger charge is 2.28. The molecule has 1 aliphatic rings. The molecule has 4 heteroatoms. The summed E-state index contributed by atoms with van der Waals surface area (Å²) in [4.78, 5) is 13.8. The Kier molecular flexibility index (Phi) is 4.43. The Balaban J connectivity index is 1.72. The van der Waals surface area contributed by atoms with Crippen molar-refractivity contribution < 1.29 is 9.90 Å². The van der Waals surface area contributed by atoms with Crippen molar-refractivity contribution in [3.8, 4) is 0 Å². The van der Waals surface area contributed by atoms with Crippen LogP contribution in [0.2, 0.25) is 0 Å². The van der Waals surface area contributed by atoms with Crippen molar-refractivity contribution in [2.75, 3.05) is 19.3 Å². The van der Waals surface area contributed by atoms with Gasteiger partial charge in [-0.1, -0.05) is 12.1 Å². The zero-order chi connectivity index (χ0) is 13.8. The van der Waals surface area contributed by atoms with Gasteiger partial charge >= 0.3 is 0 Å². The maximum absolute atomic E-state index is 12.0. The summed E-state index contributed by atoms with van der Waals surface area (Å²) in [6.45, 7) is 0.762. The summed E-state index contributed by atoms with van der Waals surface area (Å²) in [5.41, 5.74) is 7.50. The summed E-state index contributed by atoms with van der Waals surface area (Å²) < 4.78 is 0. The standard InChI is InChI=1S/C15H22N2O2/c1-17(10-12-8-14(18)9-12)15(19)7-4-11-2-5-13(16)6-3-11/h2-3,5-6,12,14,18H,4,7-10,16H2,1H3. The second kappa shape index (κ2) is 6.06. The van der Waals surface area contributed by atoms with Gasteiger partial charge in [-0.2, -0.15) is 0 Å². The molecule has 19 heavy (non-hydrogen) atoms. The smallest absolute Gasteiger partial charge is 0.222 e. The van der Waals surface area contributed by atoms with E-state index in [-0.39, 0.29) is 12.0 Å². The fourth-order valence-corrected chi connectivity index (χ4v) is 2.47. The van der Waals surface area contributed by atoms with Crippen LogP contribution in [0.1, 0.15) is 24.8 Å². The topological polar surface area (TPSA) is 66.6 Å². The van der Waals surface area contributed by atoms with Gasteiger partial charge in [-0.05, 0) is 42.9 Å². The number of anilines is 1. The molecule has 1 amide bonds. The minimum atomic E-state index is -0.150. The summed E-state index contributed by atoms with van der Waals surface area (Å²) in [7, 11) is 1.84. The number of carbonyl (C=O) groups excluding carboxylic acids is 1. The normalized spacial score (nSPS) is 21.8. The Hall–Kier alpha value is -1.55. The lowest BCUT2D eigenvalue weighted by Gasteiger charge is -2.34. The molecule has 0 saturated heterocycles. The maximum atomic E-state index is 12.0. The number of rotatable bonds is 5. The van der Waals surface area contributed by atoms with Gasteiger partial charge in [0, 0.05) is 25.7 Å². The third kappa shape index (κ3) is 3.96. The summed E-state index contributed by atoms with van der Waals surface area (Å²) in [5.74, 6) is 0.638. The first-order valence-corrected chi connectivity index (χ1v) is 6.81. The van der Waals surface area contributed by atoms with Crippen LogP contribution >= 0.6 is 0 Å². The summed E-state index contributed by atoms with van der Waals surface area (Å²) in [6, 6.07) is 7.65. The number of nitrogen functional groups attached to an aromatic ring is 1. The van der Waals surface area contributed by atoms with Crippen molar-refractivity contribution in [3.63, 3.8) is 0 Å². The van der Waals surface area contributed by atoms with Crippen LogP contribution in [0.15, 0.2) is 24.3 Å². The Bertz CT molecular complexity index is 424. The van der Waals surface area contributed by atoms with Gasteiger partial charge in [0.25, 0.3) is 0 Å². The molecule has 1 saturated carbocycles. The molecule has 0 aliphatic heterocycles. The van der Waals surface area contributed by atoms with E-state index < -0.39 is 0 Å². The van der Waals surface area contributed by atoms with Crippen LogP contribution in [-0.4, -0.2) is 35.6 Å². The van der Waals surface area contributed by atoms with E-state index in [9.17, 15) is 9.90 Å². The van der Waals surface area contributed by atoms with E-state index in [2.05, 4.69) is 0 Å². The highest BCUT2D eigenvalue weighted by atomic mass is 16.3. The van der Waals surface area contributed by atoms with Crippen LogP contribution in [0.4, 0.5) is 5.69 Å². The molecular weight excluding hydrogens is 240 g/mol. The molecule has 0 aromatic heterocycles. The molecular formula is C15H22N2O2. The van der Waals surface area contributed by atoms with Gasteiger partial charge in [0.05, 0.1) is 6.10 Å². The summed E-state index contributed by atoms with van der Waals surface area (Å²) >= 11 is 0. The van der Waals surface area contributed by atoms with Gasteiger partial charge in [-0.25, -0.2) is 0 Å². The molecule has 2 rings (SSSR count). The van der Waals surface area contributed by atoms with Gasteiger partial charge in [-0.3, -0.25) is 4.79 Å². The largest absolute Gasteiger partial charge is 0.399 e. The number of aliphatic hydroxyl groups is 1. The van der Waals surface area contributed by atoms with E-state index >= 15 is 0 Å². The Morgan fingerprint density at radius 1 is 1.37 bits per heavy atom.